The minimum absolute atomic E-state index is 0.0905. The van der Waals surface area contributed by atoms with Gasteiger partial charge in [0, 0.05) is 19.3 Å². The summed E-state index contributed by atoms with van der Waals surface area (Å²) in [4.78, 5) is 38.2. The molecule has 0 spiro atoms. The molecular formula is C72H118O6. The van der Waals surface area contributed by atoms with Crippen LogP contribution in [0.2, 0.25) is 0 Å². The normalized spacial score (nSPS) is 13.0. The van der Waals surface area contributed by atoms with Crippen molar-refractivity contribution < 1.29 is 28.6 Å². The van der Waals surface area contributed by atoms with Crippen LogP contribution in [0.1, 0.15) is 284 Å². The predicted octanol–water partition coefficient (Wildman–Crippen LogP) is 22.2. The van der Waals surface area contributed by atoms with Gasteiger partial charge in [0.2, 0.25) is 0 Å². The molecule has 6 nitrogen and oxygen atoms in total. The first-order valence-corrected chi connectivity index (χ1v) is 32.2. The van der Waals surface area contributed by atoms with Gasteiger partial charge in [0.15, 0.2) is 6.10 Å². The van der Waals surface area contributed by atoms with Gasteiger partial charge in [-0.15, -0.1) is 0 Å². The Hall–Kier alpha value is -4.45. The highest BCUT2D eigenvalue weighted by molar-refractivity contribution is 5.71. The van der Waals surface area contributed by atoms with Crippen molar-refractivity contribution in [2.24, 2.45) is 0 Å². The third-order valence-corrected chi connectivity index (χ3v) is 13.4. The van der Waals surface area contributed by atoms with Gasteiger partial charge in [0.05, 0.1) is 0 Å². The predicted molar refractivity (Wildman–Crippen MR) is 339 cm³/mol. The van der Waals surface area contributed by atoms with Crippen molar-refractivity contribution in [1.29, 1.82) is 0 Å². The van der Waals surface area contributed by atoms with Gasteiger partial charge in [-0.3, -0.25) is 14.4 Å². The van der Waals surface area contributed by atoms with Crippen LogP contribution in [-0.4, -0.2) is 37.2 Å². The lowest BCUT2D eigenvalue weighted by atomic mass is 10.0. The maximum Gasteiger partial charge on any atom is 0.306 e. The lowest BCUT2D eigenvalue weighted by molar-refractivity contribution is -0.167. The molecule has 0 amide bonds. The van der Waals surface area contributed by atoms with E-state index in [9.17, 15) is 14.4 Å². The summed E-state index contributed by atoms with van der Waals surface area (Å²) in [6.45, 7) is 6.46. The Morgan fingerprint density at radius 1 is 0.269 bits per heavy atom. The zero-order chi connectivity index (χ0) is 56.4. The topological polar surface area (TPSA) is 78.9 Å². The molecule has 0 aromatic carbocycles. The van der Waals surface area contributed by atoms with Crippen LogP contribution in [0.4, 0.5) is 0 Å². The average molecular weight is 1080 g/mol. The van der Waals surface area contributed by atoms with Gasteiger partial charge in [0.25, 0.3) is 0 Å². The highest BCUT2D eigenvalue weighted by Gasteiger charge is 2.19. The van der Waals surface area contributed by atoms with Crippen LogP contribution in [0.25, 0.3) is 0 Å². The molecule has 0 aliphatic carbocycles. The number of ether oxygens (including phenoxy) is 3. The molecule has 1 unspecified atom stereocenters. The summed E-state index contributed by atoms with van der Waals surface area (Å²) in [6.07, 6.45) is 91.7. The summed E-state index contributed by atoms with van der Waals surface area (Å²) in [5, 5.41) is 0. The Balaban J connectivity index is 4.31. The third-order valence-electron chi connectivity index (χ3n) is 13.4. The summed E-state index contributed by atoms with van der Waals surface area (Å²) in [6, 6.07) is 0. The van der Waals surface area contributed by atoms with E-state index in [0.717, 1.165) is 161 Å². The minimum Gasteiger partial charge on any atom is -0.462 e. The average Bonchev–Trinajstić information content (AvgIpc) is 3.44. The molecule has 0 radical (unpaired) electrons. The lowest BCUT2D eigenvalue weighted by Crippen LogP contribution is -2.30. The van der Waals surface area contributed by atoms with E-state index in [1.54, 1.807) is 0 Å². The van der Waals surface area contributed by atoms with Crippen molar-refractivity contribution in [2.45, 2.75) is 290 Å². The van der Waals surface area contributed by atoms with Gasteiger partial charge in [0.1, 0.15) is 13.2 Å². The second kappa shape index (κ2) is 65.1. The lowest BCUT2D eigenvalue weighted by Gasteiger charge is -2.18. The fraction of sp³-hybridized carbons (Fsp3) is 0.653. The zero-order valence-electron chi connectivity index (χ0n) is 50.6. The van der Waals surface area contributed by atoms with Crippen molar-refractivity contribution in [3.05, 3.63) is 134 Å². The van der Waals surface area contributed by atoms with E-state index < -0.39 is 6.10 Å². The molecular weight excluding hydrogens is 961 g/mol. The maximum absolute atomic E-state index is 12.9. The Bertz CT molecular complexity index is 1670. The monoisotopic (exact) mass is 1080 g/mol. The quantitative estimate of drug-likeness (QED) is 0.0261. The van der Waals surface area contributed by atoms with Crippen LogP contribution in [0.3, 0.4) is 0 Å². The summed E-state index contributed by atoms with van der Waals surface area (Å²) in [7, 11) is 0. The van der Waals surface area contributed by atoms with Crippen molar-refractivity contribution in [3.63, 3.8) is 0 Å². The number of rotatable bonds is 57. The summed E-state index contributed by atoms with van der Waals surface area (Å²) in [5.74, 6) is -0.922. The van der Waals surface area contributed by atoms with Gasteiger partial charge in [-0.2, -0.15) is 0 Å². The Kier molecular flexibility index (Phi) is 61.4. The van der Waals surface area contributed by atoms with E-state index in [1.165, 1.54) is 83.5 Å². The van der Waals surface area contributed by atoms with Crippen LogP contribution in [-0.2, 0) is 28.6 Å². The molecule has 0 aliphatic rings. The Labute approximate surface area is 481 Å². The molecule has 442 valence electrons. The van der Waals surface area contributed by atoms with E-state index in [4.69, 9.17) is 14.2 Å². The smallest absolute Gasteiger partial charge is 0.306 e. The minimum atomic E-state index is -0.796. The third kappa shape index (κ3) is 62.4. The van der Waals surface area contributed by atoms with Gasteiger partial charge < -0.3 is 14.2 Å². The van der Waals surface area contributed by atoms with E-state index in [1.807, 2.05) is 0 Å². The summed E-state index contributed by atoms with van der Waals surface area (Å²) >= 11 is 0. The Morgan fingerprint density at radius 3 is 0.821 bits per heavy atom. The molecule has 0 saturated carbocycles. The molecule has 0 N–H and O–H groups in total. The fourth-order valence-corrected chi connectivity index (χ4v) is 8.57. The van der Waals surface area contributed by atoms with Crippen molar-refractivity contribution >= 4 is 17.9 Å². The first-order chi connectivity index (χ1) is 38.5. The number of hydrogen-bond donors (Lipinski definition) is 0. The number of esters is 3. The second-order valence-corrected chi connectivity index (χ2v) is 20.9. The van der Waals surface area contributed by atoms with Crippen LogP contribution in [0.5, 0.6) is 0 Å². The van der Waals surface area contributed by atoms with Gasteiger partial charge >= 0.3 is 17.9 Å². The first-order valence-electron chi connectivity index (χ1n) is 32.2. The van der Waals surface area contributed by atoms with Crippen LogP contribution in [0.15, 0.2) is 134 Å². The SMILES string of the molecule is CC/C=C\C/C=C\C/C=C\C/C=C\C/C=C\C/C=C\C/C=C\C/C=C\C/C=C\CCCCCCCC(=O)OCC(COC(=O)CCCCCCCCCCCCCCC)OC(=O)CCCCCCC/C=C\C/C=C\CCCC. The van der Waals surface area contributed by atoms with Gasteiger partial charge in [-0.25, -0.2) is 0 Å². The highest BCUT2D eigenvalue weighted by atomic mass is 16.6. The van der Waals surface area contributed by atoms with Gasteiger partial charge in [-0.1, -0.05) is 283 Å². The van der Waals surface area contributed by atoms with Crippen molar-refractivity contribution in [1.82, 2.24) is 0 Å². The van der Waals surface area contributed by atoms with Gasteiger partial charge in [-0.05, 0) is 116 Å². The molecule has 6 heteroatoms. The second-order valence-electron chi connectivity index (χ2n) is 20.9. The highest BCUT2D eigenvalue weighted by Crippen LogP contribution is 2.15. The molecule has 0 aromatic rings. The number of carbonyl (C=O) groups excluding carboxylic acids is 3. The zero-order valence-corrected chi connectivity index (χ0v) is 50.6. The fourth-order valence-electron chi connectivity index (χ4n) is 8.57. The molecule has 0 saturated heterocycles. The molecule has 78 heavy (non-hydrogen) atoms. The first kappa shape index (κ1) is 73.5. The molecule has 0 heterocycles. The maximum atomic E-state index is 12.9. The van der Waals surface area contributed by atoms with E-state index >= 15 is 0 Å². The summed E-state index contributed by atoms with van der Waals surface area (Å²) in [5.41, 5.74) is 0. The molecule has 0 bridgehead atoms. The number of carbonyl (C=O) groups is 3. The molecule has 0 fully saturated rings. The van der Waals surface area contributed by atoms with Crippen LogP contribution >= 0.6 is 0 Å². The molecule has 0 rings (SSSR count). The molecule has 0 aromatic heterocycles. The standard InChI is InChI=1S/C72H118O6/c1-4-7-10-13-16-19-22-25-27-28-29-30-31-32-33-34-35-36-37-38-39-40-41-42-43-44-45-48-50-53-56-59-62-65-71(74)77-68-69(67-76-70(73)64-61-58-55-52-49-46-24-21-18-15-12-9-6-3)78-72(75)66-63-60-57-54-51-47-26-23-20-17-14-11-8-5-2/h7,10,14,16-17,19,23,25-27,29-30,32-33,35-36,38-39,41-42,44-45,69H,4-6,8-9,11-13,15,18,20-22,24,28,31,34,37,40,43,46-68H2,1-3H3/b10-7-,17-14-,19-16-,26-23-,27-25-,30-29-,33-32-,36-35-,39-38-,42-41-,45-44-. The van der Waals surface area contributed by atoms with Crippen LogP contribution in [0, 0.1) is 0 Å². The van der Waals surface area contributed by atoms with E-state index in [0.29, 0.717) is 19.3 Å². The molecule has 0 aliphatic heterocycles. The number of hydrogen-bond acceptors (Lipinski definition) is 6. The molecule has 1 atom stereocenters. The van der Waals surface area contributed by atoms with Crippen molar-refractivity contribution in [3.8, 4) is 0 Å². The van der Waals surface area contributed by atoms with Crippen molar-refractivity contribution in [2.75, 3.05) is 13.2 Å². The van der Waals surface area contributed by atoms with E-state index in [-0.39, 0.29) is 31.1 Å². The number of allylic oxidation sites excluding steroid dienone is 22. The van der Waals surface area contributed by atoms with E-state index in [2.05, 4.69) is 154 Å². The largest absolute Gasteiger partial charge is 0.462 e. The Morgan fingerprint density at radius 2 is 0.513 bits per heavy atom. The summed E-state index contributed by atoms with van der Waals surface area (Å²) < 4.78 is 16.9. The van der Waals surface area contributed by atoms with Crippen LogP contribution < -0.4 is 0 Å². The number of unbranched alkanes of at least 4 members (excludes halogenated alkanes) is 24.